The molecule has 3 N–H and O–H groups in total. The standard InChI is InChI=1S/C16H20N2O2S/c19-14-6-3-4-11(14)8-17-16(20)18-9-12-10-21-15-7-2-1-5-13(12)15/h1-2,5,7,10-11,14,19H,3-4,6,8-9H2,(H2,17,18,20)/t11-,14+/m0/s1. The molecule has 2 atom stereocenters. The Morgan fingerprint density at radius 3 is 2.95 bits per heavy atom. The van der Waals surface area contributed by atoms with Crippen molar-refractivity contribution < 1.29 is 9.90 Å². The Bertz CT molecular complexity index is 626. The number of nitrogens with one attached hydrogen (secondary N) is 2. The molecule has 1 aromatic carbocycles. The fraction of sp³-hybridized carbons (Fsp3) is 0.438. The van der Waals surface area contributed by atoms with Crippen LogP contribution in [0.25, 0.3) is 10.1 Å². The van der Waals surface area contributed by atoms with Crippen LogP contribution in [0.2, 0.25) is 0 Å². The molecular weight excluding hydrogens is 284 g/mol. The summed E-state index contributed by atoms with van der Waals surface area (Å²) in [6.45, 7) is 1.08. The predicted octanol–water partition coefficient (Wildman–Crippen LogP) is 2.86. The first-order chi connectivity index (χ1) is 10.2. The minimum absolute atomic E-state index is 0.163. The van der Waals surface area contributed by atoms with Gasteiger partial charge in [-0.2, -0.15) is 0 Å². The molecule has 2 aromatic rings. The van der Waals surface area contributed by atoms with Crippen molar-refractivity contribution in [3.8, 4) is 0 Å². The van der Waals surface area contributed by atoms with E-state index in [1.54, 1.807) is 11.3 Å². The highest BCUT2D eigenvalue weighted by molar-refractivity contribution is 7.17. The fourth-order valence-corrected chi connectivity index (χ4v) is 3.85. The molecule has 0 radical (unpaired) electrons. The second kappa shape index (κ2) is 6.45. The molecule has 0 unspecified atom stereocenters. The van der Waals surface area contributed by atoms with Gasteiger partial charge in [-0.3, -0.25) is 0 Å². The van der Waals surface area contributed by atoms with Crippen LogP contribution in [0, 0.1) is 5.92 Å². The average Bonchev–Trinajstić information content (AvgIpc) is 3.09. The van der Waals surface area contributed by atoms with Crippen molar-refractivity contribution >= 4 is 27.5 Å². The second-order valence-corrected chi connectivity index (χ2v) is 6.49. The molecule has 4 nitrogen and oxygen atoms in total. The van der Waals surface area contributed by atoms with Crippen molar-refractivity contribution in [2.75, 3.05) is 6.54 Å². The van der Waals surface area contributed by atoms with E-state index in [0.29, 0.717) is 13.1 Å². The molecule has 1 aromatic heterocycles. The molecule has 1 fully saturated rings. The summed E-state index contributed by atoms with van der Waals surface area (Å²) in [5, 5.41) is 18.8. The molecule has 0 bridgehead atoms. The zero-order valence-corrected chi connectivity index (χ0v) is 12.7. The molecule has 0 aliphatic heterocycles. The van der Waals surface area contributed by atoms with Crippen molar-refractivity contribution in [3.05, 3.63) is 35.2 Å². The Balaban J connectivity index is 1.49. The van der Waals surface area contributed by atoms with Crippen LogP contribution in [0.5, 0.6) is 0 Å². The van der Waals surface area contributed by atoms with Gasteiger partial charge in [0.2, 0.25) is 0 Å². The van der Waals surface area contributed by atoms with E-state index in [1.807, 2.05) is 12.1 Å². The zero-order valence-electron chi connectivity index (χ0n) is 11.8. The van der Waals surface area contributed by atoms with Crippen molar-refractivity contribution in [2.45, 2.75) is 31.9 Å². The lowest BCUT2D eigenvalue weighted by molar-refractivity contribution is 0.132. The van der Waals surface area contributed by atoms with Gasteiger partial charge >= 0.3 is 6.03 Å². The van der Waals surface area contributed by atoms with Gasteiger partial charge in [0.1, 0.15) is 0 Å². The molecule has 1 heterocycles. The number of aliphatic hydroxyl groups is 1. The van der Waals surface area contributed by atoms with Crippen molar-refractivity contribution in [3.63, 3.8) is 0 Å². The number of hydrogen-bond donors (Lipinski definition) is 3. The Hall–Kier alpha value is -1.59. The highest BCUT2D eigenvalue weighted by Gasteiger charge is 2.25. The number of urea groups is 1. The average molecular weight is 304 g/mol. The summed E-state index contributed by atoms with van der Waals surface area (Å²) < 4.78 is 1.24. The molecule has 1 saturated carbocycles. The lowest BCUT2D eigenvalue weighted by atomic mass is 10.1. The van der Waals surface area contributed by atoms with Crippen molar-refractivity contribution in [1.82, 2.24) is 10.6 Å². The lowest BCUT2D eigenvalue weighted by Gasteiger charge is -2.15. The largest absolute Gasteiger partial charge is 0.393 e. The topological polar surface area (TPSA) is 61.4 Å². The number of rotatable bonds is 4. The van der Waals surface area contributed by atoms with E-state index in [4.69, 9.17) is 0 Å². The summed E-state index contributed by atoms with van der Waals surface area (Å²) in [5.74, 6) is 0.206. The summed E-state index contributed by atoms with van der Waals surface area (Å²) in [6.07, 6.45) is 2.65. The first-order valence-corrected chi connectivity index (χ1v) is 8.27. The van der Waals surface area contributed by atoms with Gasteiger partial charge in [-0.15, -0.1) is 11.3 Å². The van der Waals surface area contributed by atoms with E-state index in [1.165, 1.54) is 10.1 Å². The Kier molecular flexibility index (Phi) is 4.41. The van der Waals surface area contributed by atoms with Crippen LogP contribution in [-0.4, -0.2) is 23.8 Å². The molecule has 21 heavy (non-hydrogen) atoms. The highest BCUT2D eigenvalue weighted by Crippen LogP contribution is 2.26. The number of carbonyl (C=O) groups is 1. The van der Waals surface area contributed by atoms with Crippen molar-refractivity contribution in [1.29, 1.82) is 0 Å². The van der Waals surface area contributed by atoms with E-state index in [2.05, 4.69) is 28.1 Å². The molecular formula is C16H20N2O2S. The number of aliphatic hydroxyl groups excluding tert-OH is 1. The molecule has 1 aliphatic carbocycles. The summed E-state index contributed by atoms with van der Waals surface area (Å²) in [6, 6.07) is 8.04. The zero-order chi connectivity index (χ0) is 14.7. The van der Waals surface area contributed by atoms with Gasteiger partial charge in [0.25, 0.3) is 0 Å². The fourth-order valence-electron chi connectivity index (χ4n) is 2.89. The predicted molar refractivity (Wildman–Crippen MR) is 85.4 cm³/mol. The first kappa shape index (κ1) is 14.4. The quantitative estimate of drug-likeness (QED) is 0.813. The third-order valence-electron chi connectivity index (χ3n) is 4.14. The van der Waals surface area contributed by atoms with Crippen LogP contribution in [0.4, 0.5) is 4.79 Å². The van der Waals surface area contributed by atoms with Crippen LogP contribution in [0.3, 0.4) is 0 Å². The number of hydrogen-bond acceptors (Lipinski definition) is 3. The first-order valence-electron chi connectivity index (χ1n) is 7.39. The molecule has 0 spiro atoms. The molecule has 2 amide bonds. The smallest absolute Gasteiger partial charge is 0.315 e. The molecule has 1 aliphatic rings. The van der Waals surface area contributed by atoms with E-state index in [0.717, 1.165) is 24.8 Å². The normalized spacial score (nSPS) is 21.6. The maximum atomic E-state index is 11.8. The third kappa shape index (κ3) is 3.36. The Morgan fingerprint density at radius 2 is 2.14 bits per heavy atom. The third-order valence-corrected chi connectivity index (χ3v) is 5.16. The van der Waals surface area contributed by atoms with Crippen LogP contribution in [0.15, 0.2) is 29.6 Å². The minimum Gasteiger partial charge on any atom is -0.393 e. The summed E-state index contributed by atoms with van der Waals surface area (Å²) in [7, 11) is 0. The monoisotopic (exact) mass is 304 g/mol. The number of fused-ring (bicyclic) bond motifs is 1. The Morgan fingerprint density at radius 1 is 1.29 bits per heavy atom. The maximum absolute atomic E-state index is 11.8. The SMILES string of the molecule is O=C(NCc1csc2ccccc12)NC[C@@H]1CCC[C@H]1O. The van der Waals surface area contributed by atoms with Crippen LogP contribution < -0.4 is 10.6 Å². The van der Waals surface area contributed by atoms with Gasteiger partial charge < -0.3 is 15.7 Å². The second-order valence-electron chi connectivity index (χ2n) is 5.58. The number of thiophene rings is 1. The minimum atomic E-state index is -0.258. The van der Waals surface area contributed by atoms with E-state index < -0.39 is 0 Å². The number of benzene rings is 1. The van der Waals surface area contributed by atoms with E-state index in [-0.39, 0.29) is 18.1 Å². The van der Waals surface area contributed by atoms with Gasteiger partial charge in [-0.1, -0.05) is 24.6 Å². The number of carbonyl (C=O) groups excluding carboxylic acids is 1. The Labute approximate surface area is 128 Å². The van der Waals surface area contributed by atoms with Gasteiger partial charge in [0, 0.05) is 23.7 Å². The van der Waals surface area contributed by atoms with Crippen LogP contribution in [-0.2, 0) is 6.54 Å². The summed E-state index contributed by atoms with van der Waals surface area (Å²) in [5.41, 5.74) is 1.15. The van der Waals surface area contributed by atoms with Gasteiger partial charge in [0.05, 0.1) is 6.10 Å². The molecule has 0 saturated heterocycles. The van der Waals surface area contributed by atoms with Gasteiger partial charge in [0.15, 0.2) is 0 Å². The molecule has 112 valence electrons. The van der Waals surface area contributed by atoms with Crippen LogP contribution in [0.1, 0.15) is 24.8 Å². The van der Waals surface area contributed by atoms with E-state index >= 15 is 0 Å². The van der Waals surface area contributed by atoms with Crippen LogP contribution >= 0.6 is 11.3 Å². The van der Waals surface area contributed by atoms with E-state index in [9.17, 15) is 9.90 Å². The highest BCUT2D eigenvalue weighted by atomic mass is 32.1. The summed E-state index contributed by atoms with van der Waals surface area (Å²) in [4.78, 5) is 11.8. The van der Waals surface area contributed by atoms with Gasteiger partial charge in [-0.05, 0) is 35.2 Å². The summed E-state index contributed by atoms with van der Waals surface area (Å²) >= 11 is 1.69. The lowest BCUT2D eigenvalue weighted by Crippen LogP contribution is -2.39. The molecule has 3 rings (SSSR count). The van der Waals surface area contributed by atoms with Gasteiger partial charge in [-0.25, -0.2) is 4.79 Å². The van der Waals surface area contributed by atoms with Crippen molar-refractivity contribution in [2.24, 2.45) is 5.92 Å². The number of amides is 2. The maximum Gasteiger partial charge on any atom is 0.315 e. The molecule has 5 heteroatoms.